The van der Waals surface area contributed by atoms with E-state index in [9.17, 15) is 4.39 Å². The lowest BCUT2D eigenvalue weighted by molar-refractivity contribution is 0.594. The molecule has 96 valence electrons. The molecule has 0 fully saturated rings. The molecule has 0 saturated carbocycles. The van der Waals surface area contributed by atoms with Crippen LogP contribution in [0.2, 0.25) is 0 Å². The van der Waals surface area contributed by atoms with Crippen LogP contribution in [0.4, 0.5) is 4.39 Å². The second-order valence-corrected chi connectivity index (χ2v) is 4.50. The van der Waals surface area contributed by atoms with Crippen LogP contribution in [-0.4, -0.2) is 9.78 Å². The lowest BCUT2D eigenvalue weighted by Crippen LogP contribution is -2.18. The molecule has 0 aliphatic rings. The number of benzene rings is 1. The van der Waals surface area contributed by atoms with Gasteiger partial charge >= 0.3 is 0 Å². The maximum Gasteiger partial charge on any atom is 0.123 e. The quantitative estimate of drug-likeness (QED) is 0.906. The van der Waals surface area contributed by atoms with Crippen molar-refractivity contribution in [2.45, 2.75) is 33.4 Å². The number of halogens is 1. The van der Waals surface area contributed by atoms with Crippen molar-refractivity contribution in [3.63, 3.8) is 0 Å². The number of aromatic nitrogens is 2. The van der Waals surface area contributed by atoms with Crippen LogP contribution in [0, 0.1) is 19.7 Å². The van der Waals surface area contributed by atoms with Crippen LogP contribution >= 0.6 is 0 Å². The molecule has 0 spiro atoms. The van der Waals surface area contributed by atoms with Crippen molar-refractivity contribution in [2.24, 2.45) is 5.73 Å². The fraction of sp³-hybridized carbons (Fsp3) is 0.357. The fourth-order valence-corrected chi connectivity index (χ4v) is 2.22. The van der Waals surface area contributed by atoms with Gasteiger partial charge in [0.2, 0.25) is 0 Å². The number of aryl methyl sites for hydroxylation is 3. The summed E-state index contributed by atoms with van der Waals surface area (Å²) in [7, 11) is 0. The normalized spacial score (nSPS) is 12.7. The molecule has 1 aromatic carbocycles. The first-order valence-corrected chi connectivity index (χ1v) is 6.09. The predicted molar refractivity (Wildman–Crippen MR) is 69.8 cm³/mol. The third kappa shape index (κ3) is 2.29. The van der Waals surface area contributed by atoms with E-state index < -0.39 is 0 Å². The van der Waals surface area contributed by atoms with Crippen molar-refractivity contribution in [3.05, 3.63) is 52.6 Å². The molecule has 0 saturated heterocycles. The van der Waals surface area contributed by atoms with Crippen molar-refractivity contribution < 1.29 is 4.39 Å². The Morgan fingerprint density at radius 1 is 1.33 bits per heavy atom. The molecule has 2 rings (SSSR count). The Hall–Kier alpha value is -1.68. The molecule has 0 bridgehead atoms. The number of nitrogens with two attached hydrogens (primary N) is 1. The monoisotopic (exact) mass is 247 g/mol. The largest absolute Gasteiger partial charge is 0.319 e. The molecular weight excluding hydrogens is 229 g/mol. The molecule has 2 N–H and O–H groups in total. The molecule has 2 aromatic rings. The Bertz CT molecular complexity index is 560. The van der Waals surface area contributed by atoms with Crippen LogP contribution in [0.3, 0.4) is 0 Å². The van der Waals surface area contributed by atoms with E-state index in [0.29, 0.717) is 0 Å². The van der Waals surface area contributed by atoms with Gasteiger partial charge < -0.3 is 5.73 Å². The SMILES string of the molecule is CCn1nc(C)cc1C(N)c1ccc(F)cc1C. The Labute approximate surface area is 106 Å². The summed E-state index contributed by atoms with van der Waals surface area (Å²) in [5.41, 5.74) is 9.98. The van der Waals surface area contributed by atoms with Crippen molar-refractivity contribution in [2.75, 3.05) is 0 Å². The summed E-state index contributed by atoms with van der Waals surface area (Å²) in [4.78, 5) is 0. The minimum atomic E-state index is -0.272. The summed E-state index contributed by atoms with van der Waals surface area (Å²) >= 11 is 0. The summed E-state index contributed by atoms with van der Waals surface area (Å²) in [6.45, 7) is 6.62. The van der Waals surface area contributed by atoms with Crippen LogP contribution in [0.15, 0.2) is 24.3 Å². The van der Waals surface area contributed by atoms with Gasteiger partial charge in [-0.05, 0) is 50.1 Å². The van der Waals surface area contributed by atoms with E-state index >= 15 is 0 Å². The summed E-state index contributed by atoms with van der Waals surface area (Å²) in [5.74, 6) is -0.233. The zero-order valence-electron chi connectivity index (χ0n) is 10.9. The number of rotatable bonds is 3. The summed E-state index contributed by atoms with van der Waals surface area (Å²) < 4.78 is 15.0. The molecule has 0 radical (unpaired) electrons. The Morgan fingerprint density at radius 3 is 2.67 bits per heavy atom. The summed E-state index contributed by atoms with van der Waals surface area (Å²) in [6.07, 6.45) is 0. The standard InChI is InChI=1S/C14H18FN3/c1-4-18-13(8-10(3)17-18)14(16)12-6-5-11(15)7-9(12)2/h5-8,14H,4,16H2,1-3H3. The first-order chi connectivity index (χ1) is 8.52. The highest BCUT2D eigenvalue weighted by Gasteiger charge is 2.16. The third-order valence-corrected chi connectivity index (χ3v) is 3.12. The van der Waals surface area contributed by atoms with E-state index in [-0.39, 0.29) is 11.9 Å². The highest BCUT2D eigenvalue weighted by Crippen LogP contribution is 2.24. The molecule has 0 amide bonds. The molecule has 1 atom stereocenters. The first kappa shape index (κ1) is 12.8. The van der Waals surface area contributed by atoms with Crippen LogP contribution < -0.4 is 5.73 Å². The molecule has 1 unspecified atom stereocenters. The highest BCUT2D eigenvalue weighted by molar-refractivity contribution is 5.35. The predicted octanol–water partition coefficient (Wildman–Crippen LogP) is 2.71. The Balaban J connectivity index is 2.43. The molecule has 3 nitrogen and oxygen atoms in total. The first-order valence-electron chi connectivity index (χ1n) is 6.09. The third-order valence-electron chi connectivity index (χ3n) is 3.12. The van der Waals surface area contributed by atoms with Crippen LogP contribution in [-0.2, 0) is 6.54 Å². The lowest BCUT2D eigenvalue weighted by atomic mass is 9.99. The maximum atomic E-state index is 13.1. The van der Waals surface area contributed by atoms with Gasteiger partial charge in [-0.25, -0.2) is 4.39 Å². The average Bonchev–Trinajstić information content (AvgIpc) is 2.69. The van der Waals surface area contributed by atoms with Crippen LogP contribution in [0.5, 0.6) is 0 Å². The van der Waals surface area contributed by atoms with Gasteiger partial charge in [0.25, 0.3) is 0 Å². The maximum absolute atomic E-state index is 13.1. The second-order valence-electron chi connectivity index (χ2n) is 4.50. The summed E-state index contributed by atoms with van der Waals surface area (Å²) in [6, 6.07) is 6.41. The lowest BCUT2D eigenvalue weighted by Gasteiger charge is -2.16. The Kier molecular flexibility index (Phi) is 3.48. The van der Waals surface area contributed by atoms with E-state index in [1.165, 1.54) is 12.1 Å². The molecule has 0 aliphatic heterocycles. The van der Waals surface area contributed by atoms with E-state index in [1.54, 1.807) is 6.07 Å². The van der Waals surface area contributed by atoms with E-state index in [2.05, 4.69) is 5.10 Å². The molecule has 18 heavy (non-hydrogen) atoms. The molecule has 4 heteroatoms. The minimum absolute atomic E-state index is 0.233. The number of hydrogen-bond acceptors (Lipinski definition) is 2. The van der Waals surface area contributed by atoms with E-state index in [1.807, 2.05) is 31.5 Å². The summed E-state index contributed by atoms with van der Waals surface area (Å²) in [5, 5.41) is 4.39. The molecule has 1 heterocycles. The van der Waals surface area contributed by atoms with Gasteiger partial charge in [0.15, 0.2) is 0 Å². The Morgan fingerprint density at radius 2 is 2.06 bits per heavy atom. The fourth-order valence-electron chi connectivity index (χ4n) is 2.22. The molecule has 1 aromatic heterocycles. The minimum Gasteiger partial charge on any atom is -0.319 e. The van der Waals surface area contributed by atoms with Crippen molar-refractivity contribution in [3.8, 4) is 0 Å². The molecular formula is C14H18FN3. The van der Waals surface area contributed by atoms with E-state index in [0.717, 1.165) is 29.1 Å². The smallest absolute Gasteiger partial charge is 0.123 e. The van der Waals surface area contributed by atoms with Gasteiger partial charge in [-0.1, -0.05) is 6.07 Å². The van der Waals surface area contributed by atoms with Gasteiger partial charge in [-0.3, -0.25) is 4.68 Å². The van der Waals surface area contributed by atoms with Crippen molar-refractivity contribution in [1.82, 2.24) is 9.78 Å². The van der Waals surface area contributed by atoms with Gasteiger partial charge in [-0.2, -0.15) is 5.10 Å². The van der Waals surface area contributed by atoms with Gasteiger partial charge in [-0.15, -0.1) is 0 Å². The zero-order chi connectivity index (χ0) is 13.3. The van der Waals surface area contributed by atoms with Crippen molar-refractivity contribution >= 4 is 0 Å². The number of nitrogens with zero attached hydrogens (tertiary/aromatic N) is 2. The van der Waals surface area contributed by atoms with Crippen LogP contribution in [0.1, 0.15) is 35.5 Å². The van der Waals surface area contributed by atoms with Crippen LogP contribution in [0.25, 0.3) is 0 Å². The topological polar surface area (TPSA) is 43.8 Å². The number of hydrogen-bond donors (Lipinski definition) is 1. The second kappa shape index (κ2) is 4.90. The molecule has 0 aliphatic carbocycles. The van der Waals surface area contributed by atoms with Gasteiger partial charge in [0.1, 0.15) is 5.82 Å². The average molecular weight is 247 g/mol. The van der Waals surface area contributed by atoms with Crippen molar-refractivity contribution in [1.29, 1.82) is 0 Å². The van der Waals surface area contributed by atoms with Gasteiger partial charge in [0, 0.05) is 6.54 Å². The highest BCUT2D eigenvalue weighted by atomic mass is 19.1. The van der Waals surface area contributed by atoms with Gasteiger partial charge in [0.05, 0.1) is 17.4 Å². The van der Waals surface area contributed by atoms with E-state index in [4.69, 9.17) is 5.73 Å². The zero-order valence-corrected chi connectivity index (χ0v) is 10.9.